The first-order valence-corrected chi connectivity index (χ1v) is 6.60. The molecule has 1 amide bonds. The SMILES string of the molecule is CC(C)(C)OC(=O)NC(CN)CC1CCCC1. The molecule has 1 atom stereocenters. The minimum absolute atomic E-state index is 0.0490. The number of hydrogen-bond acceptors (Lipinski definition) is 3. The van der Waals surface area contributed by atoms with Gasteiger partial charge in [-0.05, 0) is 33.1 Å². The van der Waals surface area contributed by atoms with E-state index in [4.69, 9.17) is 10.5 Å². The summed E-state index contributed by atoms with van der Waals surface area (Å²) in [6.07, 6.45) is 5.79. The fraction of sp³-hybridized carbons (Fsp3) is 0.923. The largest absolute Gasteiger partial charge is 0.444 e. The first-order valence-electron chi connectivity index (χ1n) is 6.60. The van der Waals surface area contributed by atoms with Gasteiger partial charge < -0.3 is 15.8 Å². The summed E-state index contributed by atoms with van der Waals surface area (Å²) in [5.74, 6) is 0.721. The van der Waals surface area contributed by atoms with Crippen LogP contribution in [0, 0.1) is 5.92 Å². The van der Waals surface area contributed by atoms with Crippen molar-refractivity contribution in [2.24, 2.45) is 11.7 Å². The topological polar surface area (TPSA) is 64.3 Å². The molecule has 0 radical (unpaired) electrons. The van der Waals surface area contributed by atoms with Crippen LogP contribution in [0.5, 0.6) is 0 Å². The second-order valence-electron chi connectivity index (χ2n) is 5.97. The highest BCUT2D eigenvalue weighted by atomic mass is 16.6. The Balaban J connectivity index is 2.32. The van der Waals surface area contributed by atoms with Gasteiger partial charge in [0.2, 0.25) is 0 Å². The van der Waals surface area contributed by atoms with Crippen LogP contribution < -0.4 is 11.1 Å². The maximum atomic E-state index is 11.6. The molecule has 0 aromatic rings. The number of carbonyl (C=O) groups is 1. The zero-order chi connectivity index (χ0) is 12.9. The Kier molecular flexibility index (Phi) is 5.25. The Hall–Kier alpha value is -0.770. The van der Waals surface area contributed by atoms with E-state index in [2.05, 4.69) is 5.32 Å². The van der Waals surface area contributed by atoms with E-state index >= 15 is 0 Å². The first-order chi connectivity index (χ1) is 7.90. The Morgan fingerprint density at radius 1 is 1.41 bits per heavy atom. The minimum Gasteiger partial charge on any atom is -0.444 e. The van der Waals surface area contributed by atoms with Gasteiger partial charge in [-0.3, -0.25) is 0 Å². The molecule has 3 N–H and O–H groups in total. The molecule has 0 aromatic heterocycles. The van der Waals surface area contributed by atoms with Crippen molar-refractivity contribution in [3.63, 3.8) is 0 Å². The zero-order valence-corrected chi connectivity index (χ0v) is 11.3. The van der Waals surface area contributed by atoms with Gasteiger partial charge in [-0.15, -0.1) is 0 Å². The molecule has 1 fully saturated rings. The van der Waals surface area contributed by atoms with E-state index in [0.29, 0.717) is 6.54 Å². The summed E-state index contributed by atoms with van der Waals surface area (Å²) in [5, 5.41) is 2.86. The lowest BCUT2D eigenvalue weighted by molar-refractivity contribution is 0.0499. The predicted octanol–water partition coefficient (Wildman–Crippen LogP) is 2.42. The van der Waals surface area contributed by atoms with E-state index in [1.54, 1.807) is 0 Å². The van der Waals surface area contributed by atoms with Crippen molar-refractivity contribution >= 4 is 6.09 Å². The van der Waals surface area contributed by atoms with Gasteiger partial charge in [0.15, 0.2) is 0 Å². The monoisotopic (exact) mass is 242 g/mol. The molecule has 100 valence electrons. The number of carbonyl (C=O) groups excluding carboxylic acids is 1. The standard InChI is InChI=1S/C13H26N2O2/c1-13(2,3)17-12(16)15-11(9-14)8-10-6-4-5-7-10/h10-11H,4-9,14H2,1-3H3,(H,15,16). The molecular formula is C13H26N2O2. The smallest absolute Gasteiger partial charge is 0.407 e. The highest BCUT2D eigenvalue weighted by Crippen LogP contribution is 2.28. The molecule has 1 unspecified atom stereocenters. The van der Waals surface area contributed by atoms with Crippen molar-refractivity contribution in [2.75, 3.05) is 6.54 Å². The summed E-state index contributed by atoms with van der Waals surface area (Å²) in [6.45, 7) is 6.07. The second-order valence-corrected chi connectivity index (χ2v) is 5.97. The molecule has 1 saturated carbocycles. The van der Waals surface area contributed by atoms with E-state index in [1.165, 1.54) is 25.7 Å². The molecule has 17 heavy (non-hydrogen) atoms. The third-order valence-electron chi connectivity index (χ3n) is 3.10. The quantitative estimate of drug-likeness (QED) is 0.795. The van der Waals surface area contributed by atoms with Gasteiger partial charge in [-0.1, -0.05) is 25.7 Å². The number of nitrogens with one attached hydrogen (secondary N) is 1. The molecule has 4 heteroatoms. The fourth-order valence-corrected chi connectivity index (χ4v) is 2.34. The summed E-state index contributed by atoms with van der Waals surface area (Å²) in [4.78, 5) is 11.6. The number of rotatable bonds is 4. The average Bonchev–Trinajstić information content (AvgIpc) is 2.66. The van der Waals surface area contributed by atoms with Gasteiger partial charge in [0.05, 0.1) is 0 Å². The van der Waals surface area contributed by atoms with Crippen molar-refractivity contribution in [1.29, 1.82) is 0 Å². The highest BCUT2D eigenvalue weighted by Gasteiger charge is 2.23. The van der Waals surface area contributed by atoms with Crippen LogP contribution in [-0.2, 0) is 4.74 Å². The summed E-state index contributed by atoms with van der Waals surface area (Å²) < 4.78 is 5.23. The third kappa shape index (κ3) is 5.91. The Labute approximate surface area is 104 Å². The summed E-state index contributed by atoms with van der Waals surface area (Å²) in [6, 6.07) is 0.0490. The van der Waals surface area contributed by atoms with Gasteiger partial charge >= 0.3 is 6.09 Å². The molecule has 1 aliphatic carbocycles. The molecule has 0 bridgehead atoms. The van der Waals surface area contributed by atoms with Crippen molar-refractivity contribution in [3.05, 3.63) is 0 Å². The number of alkyl carbamates (subject to hydrolysis) is 1. The number of nitrogens with two attached hydrogens (primary N) is 1. The number of hydrogen-bond donors (Lipinski definition) is 2. The van der Waals surface area contributed by atoms with E-state index in [9.17, 15) is 4.79 Å². The number of amides is 1. The molecule has 0 aliphatic heterocycles. The Morgan fingerprint density at radius 2 is 2.00 bits per heavy atom. The molecule has 4 nitrogen and oxygen atoms in total. The Bertz CT molecular complexity index is 242. The maximum Gasteiger partial charge on any atom is 0.407 e. The maximum absolute atomic E-state index is 11.6. The molecule has 0 aromatic carbocycles. The van der Waals surface area contributed by atoms with E-state index in [1.807, 2.05) is 20.8 Å². The summed E-state index contributed by atoms with van der Waals surface area (Å²) in [5.41, 5.74) is 5.24. The molecule has 0 saturated heterocycles. The van der Waals surface area contributed by atoms with Gasteiger partial charge in [0.1, 0.15) is 5.60 Å². The van der Waals surface area contributed by atoms with Crippen LogP contribution >= 0.6 is 0 Å². The summed E-state index contributed by atoms with van der Waals surface area (Å²) >= 11 is 0. The highest BCUT2D eigenvalue weighted by molar-refractivity contribution is 5.68. The average molecular weight is 242 g/mol. The lowest BCUT2D eigenvalue weighted by Crippen LogP contribution is -2.43. The lowest BCUT2D eigenvalue weighted by Gasteiger charge is -2.24. The molecule has 1 rings (SSSR count). The van der Waals surface area contributed by atoms with Crippen molar-refractivity contribution in [2.45, 2.75) is 64.5 Å². The Morgan fingerprint density at radius 3 is 2.47 bits per heavy atom. The van der Waals surface area contributed by atoms with Crippen molar-refractivity contribution < 1.29 is 9.53 Å². The van der Waals surface area contributed by atoms with Crippen LogP contribution in [0.1, 0.15) is 52.9 Å². The van der Waals surface area contributed by atoms with Crippen LogP contribution in [0.3, 0.4) is 0 Å². The zero-order valence-electron chi connectivity index (χ0n) is 11.3. The summed E-state index contributed by atoms with van der Waals surface area (Å²) in [7, 11) is 0. The van der Waals surface area contributed by atoms with E-state index in [-0.39, 0.29) is 12.1 Å². The van der Waals surface area contributed by atoms with Crippen molar-refractivity contribution in [1.82, 2.24) is 5.32 Å². The van der Waals surface area contributed by atoms with Crippen LogP contribution in [-0.4, -0.2) is 24.3 Å². The predicted molar refractivity (Wildman–Crippen MR) is 68.8 cm³/mol. The molecule has 0 heterocycles. The minimum atomic E-state index is -0.448. The molecular weight excluding hydrogens is 216 g/mol. The lowest BCUT2D eigenvalue weighted by atomic mass is 9.98. The third-order valence-corrected chi connectivity index (χ3v) is 3.10. The normalized spacial score (nSPS) is 19.1. The van der Waals surface area contributed by atoms with Gasteiger partial charge in [-0.2, -0.15) is 0 Å². The van der Waals surface area contributed by atoms with Crippen LogP contribution in [0.15, 0.2) is 0 Å². The van der Waals surface area contributed by atoms with Gasteiger partial charge in [-0.25, -0.2) is 4.79 Å². The van der Waals surface area contributed by atoms with Gasteiger partial charge in [0.25, 0.3) is 0 Å². The molecule has 0 spiro atoms. The second kappa shape index (κ2) is 6.24. The molecule has 1 aliphatic rings. The van der Waals surface area contributed by atoms with E-state index in [0.717, 1.165) is 12.3 Å². The van der Waals surface area contributed by atoms with Crippen LogP contribution in [0.4, 0.5) is 4.79 Å². The van der Waals surface area contributed by atoms with E-state index < -0.39 is 5.60 Å². The first kappa shape index (κ1) is 14.3. The van der Waals surface area contributed by atoms with Crippen molar-refractivity contribution in [3.8, 4) is 0 Å². The van der Waals surface area contributed by atoms with Crippen LogP contribution in [0.25, 0.3) is 0 Å². The number of ether oxygens (including phenoxy) is 1. The van der Waals surface area contributed by atoms with Gasteiger partial charge in [0, 0.05) is 12.6 Å². The fourth-order valence-electron chi connectivity index (χ4n) is 2.34. The van der Waals surface area contributed by atoms with Crippen LogP contribution in [0.2, 0.25) is 0 Å².